The molecule has 0 spiro atoms. The van der Waals surface area contributed by atoms with Crippen LogP contribution in [0.25, 0.3) is 0 Å². The first kappa shape index (κ1) is 13.0. The highest BCUT2D eigenvalue weighted by Gasteiger charge is 2.19. The van der Waals surface area contributed by atoms with Crippen molar-refractivity contribution in [3.8, 4) is 0 Å². The lowest BCUT2D eigenvalue weighted by atomic mass is 9.95. The molecule has 1 saturated heterocycles. The van der Waals surface area contributed by atoms with E-state index in [-0.39, 0.29) is 5.91 Å². The monoisotopic (exact) mass is 247 g/mol. The summed E-state index contributed by atoms with van der Waals surface area (Å²) in [6, 6.07) is 3.86. The number of rotatable bonds is 4. The summed E-state index contributed by atoms with van der Waals surface area (Å²) in [4.78, 5) is 18.2. The van der Waals surface area contributed by atoms with Crippen LogP contribution in [0.3, 0.4) is 0 Å². The molecule has 1 aromatic rings. The van der Waals surface area contributed by atoms with Gasteiger partial charge in [-0.3, -0.25) is 9.78 Å². The number of hydrogen-bond donors (Lipinski definition) is 1. The van der Waals surface area contributed by atoms with Crippen molar-refractivity contribution in [2.45, 2.75) is 25.8 Å². The number of piperidine rings is 1. The van der Waals surface area contributed by atoms with Crippen molar-refractivity contribution < 1.29 is 4.79 Å². The summed E-state index contributed by atoms with van der Waals surface area (Å²) in [6.07, 6.45) is 6.55. The van der Waals surface area contributed by atoms with Crippen molar-refractivity contribution in [1.82, 2.24) is 15.2 Å². The molecule has 1 N–H and O–H groups in total. The molecule has 4 nitrogen and oxygen atoms in total. The molecule has 0 aliphatic carbocycles. The summed E-state index contributed by atoms with van der Waals surface area (Å²) in [5, 5.41) is 2.96. The molecular weight excluding hydrogens is 226 g/mol. The largest absolute Gasteiger partial charge is 0.352 e. The van der Waals surface area contributed by atoms with E-state index in [1.165, 1.54) is 12.8 Å². The minimum absolute atomic E-state index is 0.152. The van der Waals surface area contributed by atoms with Gasteiger partial charge in [-0.25, -0.2) is 0 Å². The zero-order chi connectivity index (χ0) is 12.8. The van der Waals surface area contributed by atoms with Gasteiger partial charge in [-0.1, -0.05) is 6.07 Å². The van der Waals surface area contributed by atoms with Crippen molar-refractivity contribution >= 4 is 5.91 Å². The Labute approximate surface area is 108 Å². The van der Waals surface area contributed by atoms with Crippen LogP contribution in [0.5, 0.6) is 0 Å². The Bertz CT molecular complexity index is 380. The molecule has 2 rings (SSSR count). The second-order valence-corrected chi connectivity index (χ2v) is 5.11. The fraction of sp³-hybridized carbons (Fsp3) is 0.571. The van der Waals surface area contributed by atoms with Gasteiger partial charge in [0, 0.05) is 31.9 Å². The summed E-state index contributed by atoms with van der Waals surface area (Å²) in [5.74, 6) is 0.664. The number of aromatic nitrogens is 1. The highest BCUT2D eigenvalue weighted by molar-refractivity contribution is 5.76. The van der Waals surface area contributed by atoms with E-state index in [2.05, 4.69) is 22.2 Å². The Balaban J connectivity index is 1.72. The van der Waals surface area contributed by atoms with E-state index >= 15 is 0 Å². The summed E-state index contributed by atoms with van der Waals surface area (Å²) in [7, 11) is 2.12. The number of carbonyl (C=O) groups is 1. The van der Waals surface area contributed by atoms with E-state index in [0.29, 0.717) is 18.9 Å². The first-order valence-corrected chi connectivity index (χ1v) is 6.58. The lowest BCUT2D eigenvalue weighted by Crippen LogP contribution is -2.35. The molecule has 0 saturated carbocycles. The Hall–Kier alpha value is -1.42. The lowest BCUT2D eigenvalue weighted by molar-refractivity contribution is -0.122. The molecule has 1 amide bonds. The maximum atomic E-state index is 11.8. The van der Waals surface area contributed by atoms with Gasteiger partial charge in [0.15, 0.2) is 0 Å². The number of amides is 1. The van der Waals surface area contributed by atoms with Crippen molar-refractivity contribution in [1.29, 1.82) is 0 Å². The average Bonchev–Trinajstić information content (AvgIpc) is 2.38. The molecule has 0 bridgehead atoms. The molecule has 1 aliphatic heterocycles. The van der Waals surface area contributed by atoms with Gasteiger partial charge in [-0.05, 0) is 44.0 Å². The SMILES string of the molecule is CN1CCCC(CC(=O)NCc2cccnc2)C1. The first-order chi connectivity index (χ1) is 8.74. The van der Waals surface area contributed by atoms with Gasteiger partial charge in [-0.15, -0.1) is 0 Å². The quantitative estimate of drug-likeness (QED) is 0.875. The minimum atomic E-state index is 0.152. The number of likely N-dealkylation sites (tertiary alicyclic amines) is 1. The predicted molar refractivity (Wildman–Crippen MR) is 70.9 cm³/mol. The second kappa shape index (κ2) is 6.50. The first-order valence-electron chi connectivity index (χ1n) is 6.58. The van der Waals surface area contributed by atoms with Crippen LogP contribution >= 0.6 is 0 Å². The summed E-state index contributed by atoms with van der Waals surface area (Å²) in [6.45, 7) is 2.78. The normalized spacial score (nSPS) is 20.6. The standard InChI is InChI=1S/C14H21N3O/c1-17-7-3-5-12(11-17)8-14(18)16-10-13-4-2-6-15-9-13/h2,4,6,9,12H,3,5,7-8,10-11H2,1H3,(H,16,18). The van der Waals surface area contributed by atoms with Crippen LogP contribution in [0, 0.1) is 5.92 Å². The van der Waals surface area contributed by atoms with Crippen LogP contribution in [0.2, 0.25) is 0 Å². The summed E-state index contributed by atoms with van der Waals surface area (Å²) >= 11 is 0. The molecule has 1 aromatic heterocycles. The highest BCUT2D eigenvalue weighted by Crippen LogP contribution is 2.18. The number of nitrogens with zero attached hydrogens (tertiary/aromatic N) is 2. The third kappa shape index (κ3) is 4.11. The average molecular weight is 247 g/mol. The Kier molecular flexibility index (Phi) is 4.70. The molecule has 1 atom stereocenters. The smallest absolute Gasteiger partial charge is 0.220 e. The van der Waals surface area contributed by atoms with Gasteiger partial charge in [0.05, 0.1) is 0 Å². The molecule has 1 fully saturated rings. The van der Waals surface area contributed by atoms with E-state index in [0.717, 1.165) is 18.7 Å². The molecular formula is C14H21N3O. The Morgan fingerprint density at radius 1 is 1.61 bits per heavy atom. The van der Waals surface area contributed by atoms with E-state index in [1.54, 1.807) is 12.4 Å². The zero-order valence-electron chi connectivity index (χ0n) is 10.9. The van der Waals surface area contributed by atoms with Crippen molar-refractivity contribution in [3.63, 3.8) is 0 Å². The second-order valence-electron chi connectivity index (χ2n) is 5.11. The van der Waals surface area contributed by atoms with E-state index in [9.17, 15) is 4.79 Å². The Morgan fingerprint density at radius 2 is 2.50 bits per heavy atom. The minimum Gasteiger partial charge on any atom is -0.352 e. The van der Waals surface area contributed by atoms with Gasteiger partial charge in [0.1, 0.15) is 0 Å². The van der Waals surface area contributed by atoms with Gasteiger partial charge in [0.2, 0.25) is 5.91 Å². The third-order valence-corrected chi connectivity index (χ3v) is 3.41. The number of hydrogen-bond acceptors (Lipinski definition) is 3. The molecule has 4 heteroatoms. The fourth-order valence-electron chi connectivity index (χ4n) is 2.48. The summed E-state index contributed by atoms with van der Waals surface area (Å²) in [5.41, 5.74) is 1.05. The van der Waals surface area contributed by atoms with E-state index in [4.69, 9.17) is 0 Å². The predicted octanol–water partition coefficient (Wildman–Crippen LogP) is 1.43. The maximum Gasteiger partial charge on any atom is 0.220 e. The molecule has 1 aliphatic rings. The van der Waals surface area contributed by atoms with Crippen LogP contribution < -0.4 is 5.32 Å². The number of pyridine rings is 1. The summed E-state index contributed by atoms with van der Waals surface area (Å²) < 4.78 is 0. The van der Waals surface area contributed by atoms with Gasteiger partial charge >= 0.3 is 0 Å². The van der Waals surface area contributed by atoms with Crippen molar-refractivity contribution in [2.24, 2.45) is 5.92 Å². The van der Waals surface area contributed by atoms with Gasteiger partial charge in [-0.2, -0.15) is 0 Å². The van der Waals surface area contributed by atoms with E-state index < -0.39 is 0 Å². The number of carbonyl (C=O) groups excluding carboxylic acids is 1. The lowest BCUT2D eigenvalue weighted by Gasteiger charge is -2.29. The fourth-order valence-corrected chi connectivity index (χ4v) is 2.48. The molecule has 2 heterocycles. The van der Waals surface area contributed by atoms with E-state index in [1.807, 2.05) is 12.1 Å². The zero-order valence-corrected chi connectivity index (χ0v) is 10.9. The maximum absolute atomic E-state index is 11.8. The van der Waals surface area contributed by atoms with Crippen molar-refractivity contribution in [2.75, 3.05) is 20.1 Å². The molecule has 0 aromatic carbocycles. The number of nitrogens with one attached hydrogen (secondary N) is 1. The molecule has 0 radical (unpaired) electrons. The van der Waals surface area contributed by atoms with Crippen LogP contribution in [-0.2, 0) is 11.3 Å². The van der Waals surface area contributed by atoms with Gasteiger partial charge < -0.3 is 10.2 Å². The van der Waals surface area contributed by atoms with Crippen LogP contribution in [-0.4, -0.2) is 35.9 Å². The van der Waals surface area contributed by atoms with Gasteiger partial charge in [0.25, 0.3) is 0 Å². The van der Waals surface area contributed by atoms with Crippen molar-refractivity contribution in [3.05, 3.63) is 30.1 Å². The van der Waals surface area contributed by atoms with Crippen LogP contribution in [0.4, 0.5) is 0 Å². The Morgan fingerprint density at radius 3 is 3.22 bits per heavy atom. The topological polar surface area (TPSA) is 45.2 Å². The molecule has 18 heavy (non-hydrogen) atoms. The van der Waals surface area contributed by atoms with Crippen LogP contribution in [0.1, 0.15) is 24.8 Å². The molecule has 98 valence electrons. The van der Waals surface area contributed by atoms with Crippen LogP contribution in [0.15, 0.2) is 24.5 Å². The molecule has 1 unspecified atom stereocenters. The third-order valence-electron chi connectivity index (χ3n) is 3.41. The highest BCUT2D eigenvalue weighted by atomic mass is 16.1.